The molecule has 96 valence electrons. The lowest BCUT2D eigenvalue weighted by Gasteiger charge is -2.02. The molecule has 1 N–H and O–H groups in total. The van der Waals surface area contributed by atoms with Crippen LogP contribution in [0.25, 0.3) is 0 Å². The maximum atomic E-state index is 11.6. The van der Waals surface area contributed by atoms with Crippen LogP contribution >= 0.6 is 11.6 Å². The number of hydrogen-bond donors (Lipinski definition) is 1. The predicted octanol–water partition coefficient (Wildman–Crippen LogP) is 2.35. The van der Waals surface area contributed by atoms with E-state index in [0.717, 1.165) is 5.56 Å². The third-order valence-corrected chi connectivity index (χ3v) is 2.41. The van der Waals surface area contributed by atoms with Gasteiger partial charge >= 0.3 is 0 Å². The molecule has 0 spiro atoms. The molecule has 0 fully saturated rings. The molecule has 1 aromatic rings. The molecular weight excluding hydrogens is 252 g/mol. The second-order valence-corrected chi connectivity index (χ2v) is 4.50. The van der Waals surface area contributed by atoms with Gasteiger partial charge in [-0.05, 0) is 31.5 Å². The number of hydrogen-bond acceptors (Lipinski definition) is 3. The van der Waals surface area contributed by atoms with Gasteiger partial charge in [-0.15, -0.1) is 0 Å². The van der Waals surface area contributed by atoms with Crippen molar-refractivity contribution in [1.82, 2.24) is 5.43 Å². The zero-order valence-electron chi connectivity index (χ0n) is 10.4. The molecular formula is C13H15ClN2O2. The molecule has 0 aliphatic carbocycles. The molecule has 0 unspecified atom stereocenters. The summed E-state index contributed by atoms with van der Waals surface area (Å²) >= 11 is 5.75. The van der Waals surface area contributed by atoms with Gasteiger partial charge in [-0.2, -0.15) is 5.10 Å². The van der Waals surface area contributed by atoms with E-state index in [1.54, 1.807) is 31.2 Å². The van der Waals surface area contributed by atoms with Crippen molar-refractivity contribution in [1.29, 1.82) is 0 Å². The minimum Gasteiger partial charge on any atom is -0.300 e. The fraction of sp³-hybridized carbons (Fsp3) is 0.308. The van der Waals surface area contributed by atoms with Gasteiger partial charge in [0.1, 0.15) is 5.78 Å². The number of carbonyl (C=O) groups excluding carboxylic acids is 2. The molecule has 0 atom stereocenters. The molecule has 0 aromatic heterocycles. The summed E-state index contributed by atoms with van der Waals surface area (Å²) in [7, 11) is 0. The van der Waals surface area contributed by atoms with Gasteiger partial charge in [-0.1, -0.05) is 23.7 Å². The second kappa shape index (κ2) is 6.91. The predicted molar refractivity (Wildman–Crippen MR) is 71.7 cm³/mol. The number of ketones is 1. The Morgan fingerprint density at radius 3 is 2.39 bits per heavy atom. The van der Waals surface area contributed by atoms with Gasteiger partial charge in [0.2, 0.25) is 5.91 Å². The Labute approximate surface area is 111 Å². The first-order chi connectivity index (χ1) is 8.47. The number of carbonyl (C=O) groups is 2. The van der Waals surface area contributed by atoms with Crippen LogP contribution in [0.4, 0.5) is 0 Å². The van der Waals surface area contributed by atoms with Crippen molar-refractivity contribution in [3.8, 4) is 0 Å². The van der Waals surface area contributed by atoms with E-state index >= 15 is 0 Å². The van der Waals surface area contributed by atoms with Gasteiger partial charge in [0.15, 0.2) is 0 Å². The molecule has 0 aliphatic rings. The topological polar surface area (TPSA) is 58.5 Å². The van der Waals surface area contributed by atoms with Crippen LogP contribution in [-0.2, 0) is 16.0 Å². The van der Waals surface area contributed by atoms with Crippen molar-refractivity contribution >= 4 is 29.0 Å². The van der Waals surface area contributed by atoms with Gasteiger partial charge in [-0.3, -0.25) is 9.59 Å². The smallest absolute Gasteiger partial charge is 0.244 e. The SMILES string of the molecule is CC(=O)C/C(C)=N/NC(=O)Cc1ccc(Cl)cc1. The maximum absolute atomic E-state index is 11.6. The monoisotopic (exact) mass is 266 g/mol. The molecule has 0 aliphatic heterocycles. The normalized spacial score (nSPS) is 11.2. The molecule has 0 radical (unpaired) electrons. The maximum Gasteiger partial charge on any atom is 0.244 e. The molecule has 0 heterocycles. The first-order valence-electron chi connectivity index (χ1n) is 5.53. The number of Topliss-reactive ketones (excluding diaryl/α,β-unsaturated/α-hetero) is 1. The molecule has 0 saturated carbocycles. The number of nitrogens with zero attached hydrogens (tertiary/aromatic N) is 1. The summed E-state index contributed by atoms with van der Waals surface area (Å²) in [5, 5.41) is 4.48. The standard InChI is InChI=1S/C13H15ClN2O2/c1-9(7-10(2)17)15-16-13(18)8-11-3-5-12(14)6-4-11/h3-6H,7-8H2,1-2H3,(H,16,18)/b15-9+. The zero-order valence-corrected chi connectivity index (χ0v) is 11.1. The van der Waals surface area contributed by atoms with E-state index in [1.807, 2.05) is 0 Å². The highest BCUT2D eigenvalue weighted by Crippen LogP contribution is 2.09. The van der Waals surface area contributed by atoms with Crippen LogP contribution in [0.15, 0.2) is 29.4 Å². The van der Waals surface area contributed by atoms with E-state index in [9.17, 15) is 9.59 Å². The van der Waals surface area contributed by atoms with Crippen LogP contribution in [0.2, 0.25) is 5.02 Å². The Morgan fingerprint density at radius 1 is 1.22 bits per heavy atom. The fourth-order valence-corrected chi connectivity index (χ4v) is 1.51. The molecule has 0 bridgehead atoms. The fourth-order valence-electron chi connectivity index (χ4n) is 1.38. The highest BCUT2D eigenvalue weighted by molar-refractivity contribution is 6.30. The Bertz CT molecular complexity index is 466. The third kappa shape index (κ3) is 5.59. The quantitative estimate of drug-likeness (QED) is 0.657. The van der Waals surface area contributed by atoms with E-state index in [2.05, 4.69) is 10.5 Å². The van der Waals surface area contributed by atoms with E-state index in [0.29, 0.717) is 10.7 Å². The van der Waals surface area contributed by atoms with Crippen molar-refractivity contribution in [2.45, 2.75) is 26.7 Å². The van der Waals surface area contributed by atoms with Crippen LogP contribution < -0.4 is 5.43 Å². The van der Waals surface area contributed by atoms with Crippen molar-refractivity contribution in [3.05, 3.63) is 34.9 Å². The van der Waals surface area contributed by atoms with Crippen LogP contribution in [0.5, 0.6) is 0 Å². The minimum atomic E-state index is -0.222. The lowest BCUT2D eigenvalue weighted by Crippen LogP contribution is -2.21. The Hall–Kier alpha value is -1.68. The first kappa shape index (κ1) is 14.4. The van der Waals surface area contributed by atoms with Crippen LogP contribution in [0.3, 0.4) is 0 Å². The largest absolute Gasteiger partial charge is 0.300 e. The third-order valence-electron chi connectivity index (χ3n) is 2.15. The molecule has 5 heteroatoms. The molecule has 18 heavy (non-hydrogen) atoms. The second-order valence-electron chi connectivity index (χ2n) is 4.06. The molecule has 1 rings (SSSR count). The average Bonchev–Trinajstić information content (AvgIpc) is 2.29. The van der Waals surface area contributed by atoms with Crippen molar-refractivity contribution in [3.63, 3.8) is 0 Å². The minimum absolute atomic E-state index is 0.0169. The van der Waals surface area contributed by atoms with Crippen molar-refractivity contribution in [2.75, 3.05) is 0 Å². The summed E-state index contributed by atoms with van der Waals surface area (Å²) in [6, 6.07) is 7.03. The molecule has 0 saturated heterocycles. The number of rotatable bonds is 5. The van der Waals surface area contributed by atoms with Gasteiger partial charge in [0.05, 0.1) is 6.42 Å². The summed E-state index contributed by atoms with van der Waals surface area (Å²) < 4.78 is 0. The number of hydrazone groups is 1. The molecule has 4 nitrogen and oxygen atoms in total. The average molecular weight is 267 g/mol. The zero-order chi connectivity index (χ0) is 13.5. The van der Waals surface area contributed by atoms with Crippen LogP contribution in [0.1, 0.15) is 25.8 Å². The lowest BCUT2D eigenvalue weighted by atomic mass is 10.1. The van der Waals surface area contributed by atoms with Crippen LogP contribution in [-0.4, -0.2) is 17.4 Å². The molecule has 1 amide bonds. The summed E-state index contributed by atoms with van der Waals surface area (Å²) in [6.45, 7) is 3.18. The summed E-state index contributed by atoms with van der Waals surface area (Å²) in [5.74, 6) is -0.205. The summed E-state index contributed by atoms with van der Waals surface area (Å²) in [5.41, 5.74) is 3.86. The first-order valence-corrected chi connectivity index (χ1v) is 5.91. The number of benzene rings is 1. The highest BCUT2D eigenvalue weighted by atomic mass is 35.5. The lowest BCUT2D eigenvalue weighted by molar-refractivity contribution is -0.120. The van der Waals surface area contributed by atoms with E-state index in [4.69, 9.17) is 11.6 Å². The van der Waals surface area contributed by atoms with Crippen LogP contribution in [0, 0.1) is 0 Å². The van der Waals surface area contributed by atoms with Gasteiger partial charge < -0.3 is 0 Å². The van der Waals surface area contributed by atoms with E-state index in [-0.39, 0.29) is 24.5 Å². The van der Waals surface area contributed by atoms with Gasteiger partial charge in [0, 0.05) is 17.2 Å². The summed E-state index contributed by atoms with van der Waals surface area (Å²) in [4.78, 5) is 22.4. The van der Waals surface area contributed by atoms with E-state index in [1.165, 1.54) is 6.92 Å². The Kier molecular flexibility index (Phi) is 5.52. The highest BCUT2D eigenvalue weighted by Gasteiger charge is 2.03. The summed E-state index contributed by atoms with van der Waals surface area (Å²) in [6.07, 6.45) is 0.481. The van der Waals surface area contributed by atoms with E-state index < -0.39 is 0 Å². The number of halogens is 1. The van der Waals surface area contributed by atoms with Gasteiger partial charge in [-0.25, -0.2) is 5.43 Å². The van der Waals surface area contributed by atoms with Crippen molar-refractivity contribution < 1.29 is 9.59 Å². The molecule has 1 aromatic carbocycles. The number of amides is 1. The van der Waals surface area contributed by atoms with Gasteiger partial charge in [0.25, 0.3) is 0 Å². The Morgan fingerprint density at radius 2 is 1.83 bits per heavy atom. The van der Waals surface area contributed by atoms with Crippen molar-refractivity contribution in [2.24, 2.45) is 5.10 Å². The Balaban J connectivity index is 2.47. The number of nitrogens with one attached hydrogen (secondary N) is 1.